The first-order chi connectivity index (χ1) is 15.3. The van der Waals surface area contributed by atoms with Gasteiger partial charge in [-0.2, -0.15) is 0 Å². The summed E-state index contributed by atoms with van der Waals surface area (Å²) in [4.78, 5) is 41.8. The van der Waals surface area contributed by atoms with Gasteiger partial charge in [0.1, 0.15) is 11.3 Å². The molecule has 8 heteroatoms. The summed E-state index contributed by atoms with van der Waals surface area (Å²) in [5.74, 6) is -2.42. The Morgan fingerprint density at radius 3 is 2.59 bits per heavy atom. The molecule has 2 aromatic carbocycles. The minimum absolute atomic E-state index is 0.0413. The van der Waals surface area contributed by atoms with Gasteiger partial charge in [0, 0.05) is 22.9 Å². The minimum Gasteiger partial charge on any atom is -0.496 e. The smallest absolute Gasteiger partial charge is 0.250 e. The third kappa shape index (κ3) is 2.59. The van der Waals surface area contributed by atoms with Gasteiger partial charge in [-0.05, 0) is 25.5 Å². The number of aryl methyl sites for hydroxylation is 1. The SMILES string of the molecule is COc1ccccc1CN1C(=O)[C@@H]2[C@H]([C@@H](C)O)N[C@]3(C(=O)Nc4c(C)cccc43)[C@H]2C1=O. The standard InChI is InChI=1S/C24H25N3O5/c1-12-7-6-9-15-19(12)25-23(31)24(15)18-17(20(26-24)13(2)28)21(29)27(22(18)30)11-14-8-4-5-10-16(14)32-3/h4-10,13,17-18,20,26,28H,11H2,1-3H3,(H,25,31)/t13-,17+,18-,20+,24+/m1/s1. The van der Waals surface area contributed by atoms with E-state index in [1.165, 1.54) is 12.0 Å². The monoisotopic (exact) mass is 435 g/mol. The number of likely N-dealkylation sites (tertiary alicyclic amines) is 1. The van der Waals surface area contributed by atoms with Crippen molar-refractivity contribution in [2.45, 2.75) is 38.1 Å². The van der Waals surface area contributed by atoms with Gasteiger partial charge in [-0.25, -0.2) is 0 Å². The topological polar surface area (TPSA) is 108 Å². The molecular weight excluding hydrogens is 410 g/mol. The molecule has 8 nitrogen and oxygen atoms in total. The zero-order chi connectivity index (χ0) is 22.8. The molecule has 3 aliphatic rings. The fraction of sp³-hybridized carbons (Fsp3) is 0.375. The van der Waals surface area contributed by atoms with Crippen LogP contribution in [0.25, 0.3) is 0 Å². The van der Waals surface area contributed by atoms with E-state index < -0.39 is 41.3 Å². The molecule has 3 heterocycles. The van der Waals surface area contributed by atoms with E-state index >= 15 is 0 Å². The Morgan fingerprint density at radius 2 is 1.88 bits per heavy atom. The molecule has 1 spiro atoms. The quantitative estimate of drug-likeness (QED) is 0.625. The highest BCUT2D eigenvalue weighted by atomic mass is 16.5. The maximum Gasteiger partial charge on any atom is 0.250 e. The minimum atomic E-state index is -1.41. The first-order valence-corrected chi connectivity index (χ1v) is 10.7. The fourth-order valence-corrected chi connectivity index (χ4v) is 5.54. The van der Waals surface area contributed by atoms with Crippen molar-refractivity contribution in [1.82, 2.24) is 10.2 Å². The number of anilines is 1. The van der Waals surface area contributed by atoms with Gasteiger partial charge < -0.3 is 15.2 Å². The lowest BCUT2D eigenvalue weighted by molar-refractivity contribution is -0.143. The lowest BCUT2D eigenvalue weighted by Gasteiger charge is -2.30. The van der Waals surface area contributed by atoms with Crippen molar-refractivity contribution in [3.63, 3.8) is 0 Å². The number of benzene rings is 2. The van der Waals surface area contributed by atoms with Crippen LogP contribution < -0.4 is 15.4 Å². The molecule has 2 aromatic rings. The second-order valence-electron chi connectivity index (χ2n) is 8.75. The van der Waals surface area contributed by atoms with Crippen LogP contribution in [-0.4, -0.2) is 47.0 Å². The van der Waals surface area contributed by atoms with Gasteiger partial charge >= 0.3 is 0 Å². The van der Waals surface area contributed by atoms with Gasteiger partial charge in [-0.3, -0.25) is 24.6 Å². The summed E-state index contributed by atoms with van der Waals surface area (Å²) < 4.78 is 5.38. The lowest BCUT2D eigenvalue weighted by Crippen LogP contribution is -2.54. The van der Waals surface area contributed by atoms with Gasteiger partial charge in [0.05, 0.1) is 31.6 Å². The summed E-state index contributed by atoms with van der Waals surface area (Å²) >= 11 is 0. The van der Waals surface area contributed by atoms with E-state index in [1.807, 2.05) is 31.2 Å². The van der Waals surface area contributed by atoms with Crippen LogP contribution in [0.5, 0.6) is 5.75 Å². The van der Waals surface area contributed by atoms with Gasteiger partial charge in [0.25, 0.3) is 0 Å². The Kier molecular flexibility index (Phi) is 4.61. The summed E-state index contributed by atoms with van der Waals surface area (Å²) in [6, 6.07) is 12.0. The van der Waals surface area contributed by atoms with Crippen LogP contribution in [0.1, 0.15) is 23.6 Å². The van der Waals surface area contributed by atoms with Gasteiger partial charge in [-0.15, -0.1) is 0 Å². The Balaban J connectivity index is 1.62. The van der Waals surface area contributed by atoms with Crippen molar-refractivity contribution in [3.8, 4) is 5.75 Å². The molecule has 3 aliphatic heterocycles. The maximum absolute atomic E-state index is 13.7. The highest BCUT2D eigenvalue weighted by Crippen LogP contribution is 2.54. The Labute approximate surface area is 185 Å². The zero-order valence-electron chi connectivity index (χ0n) is 18.1. The number of carbonyl (C=O) groups is 3. The molecule has 0 radical (unpaired) electrons. The molecule has 5 rings (SSSR count). The number of para-hydroxylation sites is 2. The van der Waals surface area contributed by atoms with E-state index in [0.29, 0.717) is 22.6 Å². The van der Waals surface area contributed by atoms with Crippen molar-refractivity contribution in [3.05, 3.63) is 59.2 Å². The molecule has 5 atom stereocenters. The largest absolute Gasteiger partial charge is 0.496 e. The van der Waals surface area contributed by atoms with Crippen LogP contribution in [0.2, 0.25) is 0 Å². The number of methoxy groups -OCH3 is 1. The number of rotatable bonds is 4. The summed E-state index contributed by atoms with van der Waals surface area (Å²) in [5, 5.41) is 16.6. The third-order valence-corrected chi connectivity index (χ3v) is 7.03. The highest BCUT2D eigenvalue weighted by Gasteiger charge is 2.71. The number of aliphatic hydroxyl groups excluding tert-OH is 1. The van der Waals surface area contributed by atoms with Crippen molar-refractivity contribution in [2.24, 2.45) is 11.8 Å². The highest BCUT2D eigenvalue weighted by molar-refractivity contribution is 6.15. The number of hydrogen-bond acceptors (Lipinski definition) is 6. The molecule has 0 saturated carbocycles. The molecule has 166 valence electrons. The molecule has 0 unspecified atom stereocenters. The van der Waals surface area contributed by atoms with Gasteiger partial charge in [0.15, 0.2) is 0 Å². The second-order valence-corrected chi connectivity index (χ2v) is 8.75. The average molecular weight is 435 g/mol. The van der Waals surface area contributed by atoms with Gasteiger partial charge in [0.2, 0.25) is 17.7 Å². The Hall–Kier alpha value is -3.23. The molecule has 3 N–H and O–H groups in total. The van der Waals surface area contributed by atoms with E-state index in [0.717, 1.165) is 5.56 Å². The average Bonchev–Trinajstić information content (AvgIpc) is 3.36. The number of ether oxygens (including phenoxy) is 1. The predicted octanol–water partition coefficient (Wildman–Crippen LogP) is 1.31. The number of nitrogens with zero attached hydrogens (tertiary/aromatic N) is 1. The molecule has 0 aliphatic carbocycles. The number of aliphatic hydroxyl groups is 1. The summed E-state index contributed by atoms with van der Waals surface area (Å²) in [5.41, 5.74) is 1.45. The van der Waals surface area contributed by atoms with Crippen molar-refractivity contribution in [1.29, 1.82) is 0 Å². The normalized spacial score (nSPS) is 29.3. The number of amides is 3. The van der Waals surface area contributed by atoms with Crippen LogP contribution in [-0.2, 0) is 26.5 Å². The molecule has 2 saturated heterocycles. The molecule has 0 aromatic heterocycles. The second kappa shape index (κ2) is 7.15. The molecule has 3 amide bonds. The van der Waals surface area contributed by atoms with Crippen LogP contribution in [0.3, 0.4) is 0 Å². The van der Waals surface area contributed by atoms with E-state index in [9.17, 15) is 19.5 Å². The summed E-state index contributed by atoms with van der Waals surface area (Å²) in [7, 11) is 1.53. The fourth-order valence-electron chi connectivity index (χ4n) is 5.54. The van der Waals surface area contributed by atoms with E-state index in [2.05, 4.69) is 10.6 Å². The van der Waals surface area contributed by atoms with Crippen LogP contribution >= 0.6 is 0 Å². The predicted molar refractivity (Wildman–Crippen MR) is 116 cm³/mol. The number of carbonyl (C=O) groups excluding carboxylic acids is 3. The van der Waals surface area contributed by atoms with Crippen LogP contribution in [0.15, 0.2) is 42.5 Å². The van der Waals surface area contributed by atoms with Crippen molar-refractivity contribution >= 4 is 23.4 Å². The van der Waals surface area contributed by atoms with E-state index in [-0.39, 0.29) is 12.5 Å². The molecule has 2 fully saturated rings. The molecule has 32 heavy (non-hydrogen) atoms. The summed E-state index contributed by atoms with van der Waals surface area (Å²) in [6.07, 6.45) is -0.938. The number of nitrogens with one attached hydrogen (secondary N) is 2. The third-order valence-electron chi connectivity index (χ3n) is 7.03. The van der Waals surface area contributed by atoms with Crippen LogP contribution in [0.4, 0.5) is 5.69 Å². The van der Waals surface area contributed by atoms with Crippen molar-refractivity contribution < 1.29 is 24.2 Å². The van der Waals surface area contributed by atoms with E-state index in [4.69, 9.17) is 4.74 Å². The maximum atomic E-state index is 13.7. The Bertz CT molecular complexity index is 1150. The van der Waals surface area contributed by atoms with E-state index in [1.54, 1.807) is 25.1 Å². The first-order valence-electron chi connectivity index (χ1n) is 10.7. The van der Waals surface area contributed by atoms with Crippen LogP contribution in [0, 0.1) is 18.8 Å². The van der Waals surface area contributed by atoms with Gasteiger partial charge in [-0.1, -0.05) is 36.4 Å². The Morgan fingerprint density at radius 1 is 1.12 bits per heavy atom. The lowest BCUT2D eigenvalue weighted by atomic mass is 9.76. The number of imide groups is 1. The molecule has 0 bridgehead atoms. The first kappa shape index (κ1) is 20.7. The number of hydrogen-bond donors (Lipinski definition) is 3. The zero-order valence-corrected chi connectivity index (χ0v) is 18.1. The summed E-state index contributed by atoms with van der Waals surface area (Å²) in [6.45, 7) is 3.49. The number of fused-ring (bicyclic) bond motifs is 4. The molecular formula is C24H25N3O5. The van der Waals surface area contributed by atoms with Crippen molar-refractivity contribution in [2.75, 3.05) is 12.4 Å².